The fraction of sp³-hybridized carbons (Fsp3) is 0.500. The van der Waals surface area contributed by atoms with Crippen LogP contribution in [0.25, 0.3) is 0 Å². The maximum atomic E-state index is 5.40. The van der Waals surface area contributed by atoms with Crippen LogP contribution in [-0.2, 0) is 11.2 Å². The average Bonchev–Trinajstić information content (AvgIpc) is 2.58. The van der Waals surface area contributed by atoms with Crippen molar-refractivity contribution in [1.82, 2.24) is 4.98 Å². The number of aromatic nitrogens is 1. The molecular weight excluding hydrogens is 196 g/mol. The molecule has 0 unspecified atom stereocenters. The molecule has 0 atom stereocenters. The summed E-state index contributed by atoms with van der Waals surface area (Å²) in [5.41, 5.74) is 8.29. The van der Waals surface area contributed by atoms with E-state index in [1.807, 2.05) is 24.6 Å². The molecule has 0 aromatic carbocycles. The van der Waals surface area contributed by atoms with Gasteiger partial charge in [-0.2, -0.15) is 0 Å². The van der Waals surface area contributed by atoms with Crippen molar-refractivity contribution in [2.45, 2.75) is 13.3 Å². The van der Waals surface area contributed by atoms with E-state index in [4.69, 9.17) is 10.5 Å². The fourth-order valence-electron chi connectivity index (χ4n) is 1.05. The second kappa shape index (κ2) is 6.70. The SMILES string of the molecule is Cc1ncsc1CCOCC=CCN. The van der Waals surface area contributed by atoms with Crippen molar-refractivity contribution in [1.29, 1.82) is 0 Å². The van der Waals surface area contributed by atoms with Gasteiger partial charge in [-0.3, -0.25) is 0 Å². The molecule has 3 nitrogen and oxygen atoms in total. The van der Waals surface area contributed by atoms with Gasteiger partial charge in [-0.1, -0.05) is 12.2 Å². The normalized spacial score (nSPS) is 11.3. The van der Waals surface area contributed by atoms with Crippen LogP contribution in [0.4, 0.5) is 0 Å². The quantitative estimate of drug-likeness (QED) is 0.574. The first-order valence-electron chi connectivity index (χ1n) is 4.66. The average molecular weight is 212 g/mol. The summed E-state index contributed by atoms with van der Waals surface area (Å²) in [7, 11) is 0. The smallest absolute Gasteiger partial charge is 0.0797 e. The maximum Gasteiger partial charge on any atom is 0.0797 e. The summed E-state index contributed by atoms with van der Waals surface area (Å²) in [5.74, 6) is 0. The molecule has 1 aromatic rings. The van der Waals surface area contributed by atoms with Crippen LogP contribution >= 0.6 is 11.3 Å². The molecule has 0 amide bonds. The molecule has 0 fully saturated rings. The highest BCUT2D eigenvalue weighted by Gasteiger charge is 1.99. The van der Waals surface area contributed by atoms with Crippen LogP contribution < -0.4 is 5.73 Å². The topological polar surface area (TPSA) is 48.1 Å². The second-order valence-electron chi connectivity index (χ2n) is 2.89. The lowest BCUT2D eigenvalue weighted by molar-refractivity contribution is 0.166. The van der Waals surface area contributed by atoms with Crippen molar-refractivity contribution in [3.63, 3.8) is 0 Å². The predicted molar refractivity (Wildman–Crippen MR) is 59.6 cm³/mol. The minimum Gasteiger partial charge on any atom is -0.377 e. The van der Waals surface area contributed by atoms with Crippen molar-refractivity contribution in [2.75, 3.05) is 19.8 Å². The third-order valence-electron chi connectivity index (χ3n) is 1.84. The number of thiazole rings is 1. The predicted octanol–water partition coefficient (Wildman–Crippen LogP) is 1.53. The number of rotatable bonds is 6. The molecule has 0 spiro atoms. The highest BCUT2D eigenvalue weighted by atomic mass is 32.1. The molecule has 0 bridgehead atoms. The zero-order valence-corrected chi connectivity index (χ0v) is 9.22. The molecule has 1 rings (SSSR count). The van der Waals surface area contributed by atoms with Crippen molar-refractivity contribution in [3.8, 4) is 0 Å². The molecule has 4 heteroatoms. The Bertz CT molecular complexity index is 283. The summed E-state index contributed by atoms with van der Waals surface area (Å²) in [6.07, 6.45) is 4.80. The third-order valence-corrected chi connectivity index (χ3v) is 2.83. The van der Waals surface area contributed by atoms with E-state index >= 15 is 0 Å². The number of aryl methyl sites for hydroxylation is 1. The van der Waals surface area contributed by atoms with Gasteiger partial charge >= 0.3 is 0 Å². The summed E-state index contributed by atoms with van der Waals surface area (Å²) in [6, 6.07) is 0. The highest BCUT2D eigenvalue weighted by molar-refractivity contribution is 7.09. The van der Waals surface area contributed by atoms with Gasteiger partial charge in [0.1, 0.15) is 0 Å². The Morgan fingerprint density at radius 3 is 3.07 bits per heavy atom. The molecule has 1 heterocycles. The van der Waals surface area contributed by atoms with E-state index in [2.05, 4.69) is 4.98 Å². The zero-order valence-electron chi connectivity index (χ0n) is 8.40. The lowest BCUT2D eigenvalue weighted by Gasteiger charge is -1.99. The van der Waals surface area contributed by atoms with Crippen molar-refractivity contribution < 1.29 is 4.74 Å². The minimum atomic E-state index is 0.581. The van der Waals surface area contributed by atoms with Gasteiger partial charge in [0.2, 0.25) is 0 Å². The van der Waals surface area contributed by atoms with Gasteiger partial charge in [-0.05, 0) is 6.92 Å². The van der Waals surface area contributed by atoms with Crippen molar-refractivity contribution >= 4 is 11.3 Å². The van der Waals surface area contributed by atoms with E-state index in [9.17, 15) is 0 Å². The Morgan fingerprint density at radius 2 is 2.43 bits per heavy atom. The van der Waals surface area contributed by atoms with Crippen molar-refractivity contribution in [3.05, 3.63) is 28.2 Å². The number of hydrogen-bond donors (Lipinski definition) is 1. The number of hydrogen-bond acceptors (Lipinski definition) is 4. The molecule has 0 aliphatic carbocycles. The Balaban J connectivity index is 2.10. The van der Waals surface area contributed by atoms with Crippen LogP contribution in [0, 0.1) is 6.92 Å². The molecule has 0 radical (unpaired) electrons. The van der Waals surface area contributed by atoms with E-state index in [-0.39, 0.29) is 0 Å². The first-order valence-corrected chi connectivity index (χ1v) is 5.54. The molecule has 0 saturated heterocycles. The van der Waals surface area contributed by atoms with E-state index in [1.165, 1.54) is 4.88 Å². The Hall–Kier alpha value is -0.710. The summed E-state index contributed by atoms with van der Waals surface area (Å²) < 4.78 is 5.40. The highest BCUT2D eigenvalue weighted by Crippen LogP contribution is 2.12. The van der Waals surface area contributed by atoms with E-state index < -0.39 is 0 Å². The molecule has 0 aliphatic heterocycles. The molecular formula is C10H16N2OS. The molecule has 2 N–H and O–H groups in total. The van der Waals surface area contributed by atoms with Crippen LogP contribution in [0.3, 0.4) is 0 Å². The van der Waals surface area contributed by atoms with Gasteiger partial charge in [-0.25, -0.2) is 4.98 Å². The first kappa shape index (κ1) is 11.4. The summed E-state index contributed by atoms with van der Waals surface area (Å²) in [5, 5.41) is 0. The van der Waals surface area contributed by atoms with E-state index in [0.717, 1.165) is 18.7 Å². The van der Waals surface area contributed by atoms with Gasteiger partial charge in [0.15, 0.2) is 0 Å². The van der Waals surface area contributed by atoms with Crippen LogP contribution in [0.5, 0.6) is 0 Å². The van der Waals surface area contributed by atoms with Crippen LogP contribution in [0.1, 0.15) is 10.6 Å². The van der Waals surface area contributed by atoms with Gasteiger partial charge < -0.3 is 10.5 Å². The monoisotopic (exact) mass is 212 g/mol. The summed E-state index contributed by atoms with van der Waals surface area (Å²) in [4.78, 5) is 5.49. The lowest BCUT2D eigenvalue weighted by Crippen LogP contribution is -1.99. The molecule has 0 aliphatic rings. The molecule has 1 aromatic heterocycles. The first-order chi connectivity index (χ1) is 6.84. The van der Waals surface area contributed by atoms with Gasteiger partial charge in [0.25, 0.3) is 0 Å². The molecule has 0 saturated carbocycles. The summed E-state index contributed by atoms with van der Waals surface area (Å²) in [6.45, 7) is 4.00. The summed E-state index contributed by atoms with van der Waals surface area (Å²) >= 11 is 1.69. The fourth-order valence-corrected chi connectivity index (χ4v) is 1.81. The number of nitrogens with two attached hydrogens (primary N) is 1. The Morgan fingerprint density at radius 1 is 1.57 bits per heavy atom. The Labute approximate surface area is 88.6 Å². The van der Waals surface area contributed by atoms with Gasteiger partial charge in [-0.15, -0.1) is 11.3 Å². The minimum absolute atomic E-state index is 0.581. The van der Waals surface area contributed by atoms with Gasteiger partial charge in [0.05, 0.1) is 24.4 Å². The van der Waals surface area contributed by atoms with E-state index in [0.29, 0.717) is 13.2 Å². The van der Waals surface area contributed by atoms with Crippen molar-refractivity contribution in [2.24, 2.45) is 5.73 Å². The standard InChI is InChI=1S/C10H16N2OS/c1-9-10(14-8-12-9)4-7-13-6-3-2-5-11/h2-3,8H,4-7,11H2,1H3. The lowest BCUT2D eigenvalue weighted by atomic mass is 10.3. The van der Waals surface area contributed by atoms with E-state index in [1.54, 1.807) is 11.3 Å². The maximum absolute atomic E-state index is 5.40. The number of ether oxygens (including phenoxy) is 1. The third kappa shape index (κ3) is 4.00. The van der Waals surface area contributed by atoms with Crippen LogP contribution in [0.15, 0.2) is 17.7 Å². The van der Waals surface area contributed by atoms with Crippen LogP contribution in [-0.4, -0.2) is 24.7 Å². The number of nitrogens with zero attached hydrogens (tertiary/aromatic N) is 1. The Kier molecular flexibility index (Phi) is 5.44. The van der Waals surface area contributed by atoms with Crippen LogP contribution in [0.2, 0.25) is 0 Å². The largest absolute Gasteiger partial charge is 0.377 e. The zero-order chi connectivity index (χ0) is 10.2. The van der Waals surface area contributed by atoms with Gasteiger partial charge in [0, 0.05) is 17.8 Å². The second-order valence-corrected chi connectivity index (χ2v) is 3.83. The molecule has 14 heavy (non-hydrogen) atoms. The molecule has 78 valence electrons.